The van der Waals surface area contributed by atoms with Crippen LogP contribution in [-0.2, 0) is 28.0 Å². The number of nitrogens with zero attached hydrogens (tertiary/aromatic N) is 1. The van der Waals surface area contributed by atoms with Crippen LogP contribution in [0.5, 0.6) is 5.75 Å². The number of carbonyl (C=O) groups is 2. The van der Waals surface area contributed by atoms with Crippen molar-refractivity contribution in [3.8, 4) is 5.75 Å². The molecular weight excluding hydrogens is 564 g/mol. The lowest BCUT2D eigenvalue weighted by Gasteiger charge is -2.32. The normalized spacial score (nSPS) is 14.5. The molecule has 4 rings (SSSR count). The standard InChI is InChI=1S/C34H41BrN2O3/c1-24-12-8-9-15-26(24)22-37(32(38)23-40-31-19-18-27(21-29(31)35)34(2,3)4)30(20-25-13-6-5-7-14-25)33(39)36-28-16-10-11-17-28/h5-9,12-15,18-19,21,28,30H,10-11,16-17,20,22-23H2,1-4H3,(H,36,39)/t30-/m1/s1. The first-order valence-electron chi connectivity index (χ1n) is 14.2. The fourth-order valence-corrected chi connectivity index (χ4v) is 5.69. The number of amides is 2. The lowest BCUT2D eigenvalue weighted by atomic mass is 9.87. The molecule has 40 heavy (non-hydrogen) atoms. The minimum Gasteiger partial charge on any atom is -0.483 e. The third-order valence-corrected chi connectivity index (χ3v) is 8.34. The fourth-order valence-electron chi connectivity index (χ4n) is 5.20. The molecule has 0 aromatic heterocycles. The molecule has 1 fully saturated rings. The van der Waals surface area contributed by atoms with E-state index in [9.17, 15) is 9.59 Å². The molecule has 1 aliphatic carbocycles. The summed E-state index contributed by atoms with van der Waals surface area (Å²) >= 11 is 3.62. The first-order chi connectivity index (χ1) is 19.1. The van der Waals surface area contributed by atoms with Crippen molar-refractivity contribution in [2.45, 2.75) is 83.8 Å². The van der Waals surface area contributed by atoms with Crippen LogP contribution in [0, 0.1) is 6.92 Å². The highest BCUT2D eigenvalue weighted by atomic mass is 79.9. The van der Waals surface area contributed by atoms with Gasteiger partial charge in [-0.1, -0.05) is 94.3 Å². The van der Waals surface area contributed by atoms with Crippen LogP contribution in [0.1, 0.15) is 68.7 Å². The van der Waals surface area contributed by atoms with Gasteiger partial charge in [0.15, 0.2) is 6.61 Å². The third kappa shape index (κ3) is 7.97. The average molecular weight is 606 g/mol. The van der Waals surface area contributed by atoms with Crippen LogP contribution in [0.4, 0.5) is 0 Å². The van der Waals surface area contributed by atoms with Crippen LogP contribution in [0.2, 0.25) is 0 Å². The quantitative estimate of drug-likeness (QED) is 0.268. The van der Waals surface area contributed by atoms with E-state index < -0.39 is 6.04 Å². The summed E-state index contributed by atoms with van der Waals surface area (Å²) in [5, 5.41) is 3.26. The van der Waals surface area contributed by atoms with Crippen molar-refractivity contribution in [1.82, 2.24) is 10.2 Å². The second kappa shape index (κ2) is 13.5. The average Bonchev–Trinajstić information content (AvgIpc) is 3.43. The number of nitrogens with one attached hydrogen (secondary N) is 1. The lowest BCUT2D eigenvalue weighted by Crippen LogP contribution is -2.53. The zero-order valence-electron chi connectivity index (χ0n) is 24.1. The molecule has 0 radical (unpaired) electrons. The van der Waals surface area contributed by atoms with Gasteiger partial charge in [0, 0.05) is 19.0 Å². The van der Waals surface area contributed by atoms with Crippen LogP contribution in [0.15, 0.2) is 77.3 Å². The molecule has 0 bridgehead atoms. The lowest BCUT2D eigenvalue weighted by molar-refractivity contribution is -0.143. The van der Waals surface area contributed by atoms with Gasteiger partial charge >= 0.3 is 0 Å². The monoisotopic (exact) mass is 604 g/mol. The number of hydrogen-bond acceptors (Lipinski definition) is 3. The van der Waals surface area contributed by atoms with Crippen molar-refractivity contribution >= 4 is 27.7 Å². The van der Waals surface area contributed by atoms with E-state index in [-0.39, 0.29) is 29.9 Å². The van der Waals surface area contributed by atoms with Gasteiger partial charge in [-0.25, -0.2) is 0 Å². The number of halogens is 1. The van der Waals surface area contributed by atoms with Crippen LogP contribution in [0.3, 0.4) is 0 Å². The van der Waals surface area contributed by atoms with Gasteiger partial charge < -0.3 is 15.0 Å². The van der Waals surface area contributed by atoms with Gasteiger partial charge in [-0.05, 0) is 75.5 Å². The number of aryl methyl sites for hydroxylation is 1. The summed E-state index contributed by atoms with van der Waals surface area (Å²) in [7, 11) is 0. The second-order valence-corrected chi connectivity index (χ2v) is 12.7. The molecular formula is C34H41BrN2O3. The Morgan fingerprint density at radius 1 is 1.00 bits per heavy atom. The largest absolute Gasteiger partial charge is 0.483 e. The van der Waals surface area contributed by atoms with E-state index in [1.807, 2.05) is 79.7 Å². The third-order valence-electron chi connectivity index (χ3n) is 7.72. The molecule has 3 aromatic rings. The number of hydrogen-bond donors (Lipinski definition) is 1. The maximum Gasteiger partial charge on any atom is 0.261 e. The molecule has 1 saturated carbocycles. The van der Waals surface area contributed by atoms with Gasteiger partial charge in [-0.15, -0.1) is 0 Å². The van der Waals surface area contributed by atoms with Crippen molar-refractivity contribution in [3.05, 3.63) is 99.5 Å². The Morgan fingerprint density at radius 3 is 2.33 bits per heavy atom. The van der Waals surface area contributed by atoms with Crippen molar-refractivity contribution in [1.29, 1.82) is 0 Å². The van der Waals surface area contributed by atoms with Crippen molar-refractivity contribution in [3.63, 3.8) is 0 Å². The Hall–Kier alpha value is -3.12. The molecule has 212 valence electrons. The summed E-state index contributed by atoms with van der Waals surface area (Å²) in [5.74, 6) is 0.276. The molecule has 1 aliphatic rings. The highest BCUT2D eigenvalue weighted by Gasteiger charge is 2.32. The summed E-state index contributed by atoms with van der Waals surface area (Å²) < 4.78 is 6.86. The van der Waals surface area contributed by atoms with E-state index in [0.29, 0.717) is 18.7 Å². The highest BCUT2D eigenvalue weighted by molar-refractivity contribution is 9.10. The van der Waals surface area contributed by atoms with Crippen molar-refractivity contribution in [2.24, 2.45) is 0 Å². The fraction of sp³-hybridized carbons (Fsp3) is 0.412. The minimum atomic E-state index is -0.662. The molecule has 3 aromatic carbocycles. The van der Waals surface area contributed by atoms with Gasteiger partial charge in [-0.2, -0.15) is 0 Å². The summed E-state index contributed by atoms with van der Waals surface area (Å²) in [5.41, 5.74) is 4.27. The summed E-state index contributed by atoms with van der Waals surface area (Å²) in [6, 6.07) is 23.4. The molecule has 0 heterocycles. The molecule has 0 unspecified atom stereocenters. The molecule has 1 N–H and O–H groups in total. The molecule has 6 heteroatoms. The predicted molar refractivity (Wildman–Crippen MR) is 164 cm³/mol. The van der Waals surface area contributed by atoms with Crippen molar-refractivity contribution in [2.75, 3.05) is 6.61 Å². The number of ether oxygens (including phenoxy) is 1. The van der Waals surface area contributed by atoms with E-state index in [1.165, 1.54) is 5.56 Å². The summed E-state index contributed by atoms with van der Waals surface area (Å²) in [4.78, 5) is 29.5. The summed E-state index contributed by atoms with van der Waals surface area (Å²) in [6.45, 7) is 8.67. The van der Waals surface area contributed by atoms with E-state index in [4.69, 9.17) is 4.74 Å². The summed E-state index contributed by atoms with van der Waals surface area (Å²) in [6.07, 6.45) is 4.64. The maximum absolute atomic E-state index is 13.9. The number of benzene rings is 3. The van der Waals surface area contributed by atoms with Crippen LogP contribution < -0.4 is 10.1 Å². The SMILES string of the molecule is Cc1ccccc1CN(C(=O)COc1ccc(C(C)(C)C)cc1Br)[C@H](Cc1ccccc1)C(=O)NC1CCCC1. The van der Waals surface area contributed by atoms with Crippen LogP contribution in [-0.4, -0.2) is 35.4 Å². The van der Waals surface area contributed by atoms with Crippen molar-refractivity contribution < 1.29 is 14.3 Å². The van der Waals surface area contributed by atoms with Gasteiger partial charge in [0.1, 0.15) is 11.8 Å². The number of rotatable bonds is 10. The predicted octanol–water partition coefficient (Wildman–Crippen LogP) is 7.13. The Labute approximate surface area is 247 Å². The molecule has 2 amide bonds. The molecule has 0 spiro atoms. The maximum atomic E-state index is 13.9. The van der Waals surface area contributed by atoms with E-state index in [1.54, 1.807) is 4.90 Å². The highest BCUT2D eigenvalue weighted by Crippen LogP contribution is 2.31. The Bertz CT molecular complexity index is 1300. The van der Waals surface area contributed by atoms with Crippen LogP contribution >= 0.6 is 15.9 Å². The van der Waals surface area contributed by atoms with Crippen LogP contribution in [0.25, 0.3) is 0 Å². The Balaban J connectivity index is 1.62. The molecule has 0 aliphatic heterocycles. The molecule has 5 nitrogen and oxygen atoms in total. The Morgan fingerprint density at radius 2 is 1.68 bits per heavy atom. The van der Waals surface area contributed by atoms with E-state index >= 15 is 0 Å². The smallest absolute Gasteiger partial charge is 0.261 e. The number of carbonyl (C=O) groups excluding carboxylic acids is 2. The molecule has 1 atom stereocenters. The first kappa shape index (κ1) is 29.9. The van der Waals surface area contributed by atoms with Gasteiger partial charge in [0.05, 0.1) is 4.47 Å². The van der Waals surface area contributed by atoms with E-state index in [0.717, 1.165) is 46.8 Å². The zero-order valence-corrected chi connectivity index (χ0v) is 25.7. The van der Waals surface area contributed by atoms with E-state index in [2.05, 4.69) is 42.0 Å². The van der Waals surface area contributed by atoms with Gasteiger partial charge in [-0.3, -0.25) is 9.59 Å². The minimum absolute atomic E-state index is 0.00144. The topological polar surface area (TPSA) is 58.6 Å². The first-order valence-corrected chi connectivity index (χ1v) is 15.0. The molecule has 0 saturated heterocycles. The second-order valence-electron chi connectivity index (χ2n) is 11.8. The zero-order chi connectivity index (χ0) is 28.7. The van der Waals surface area contributed by atoms with Gasteiger partial charge in [0.25, 0.3) is 5.91 Å². The Kier molecular flexibility index (Phi) is 10.1. The van der Waals surface area contributed by atoms with Gasteiger partial charge in [0.2, 0.25) is 5.91 Å².